The summed E-state index contributed by atoms with van der Waals surface area (Å²) < 4.78 is 12.8. The van der Waals surface area contributed by atoms with E-state index in [2.05, 4.69) is 0 Å². The van der Waals surface area contributed by atoms with Crippen LogP contribution in [-0.4, -0.2) is 16.2 Å². The third kappa shape index (κ3) is 2.48. The van der Waals surface area contributed by atoms with Gasteiger partial charge in [0, 0.05) is 11.1 Å². The molecule has 2 rings (SSSR count). The van der Waals surface area contributed by atoms with Crippen molar-refractivity contribution in [2.24, 2.45) is 0 Å². The maximum Gasteiger partial charge on any atom is 0.307 e. The van der Waals surface area contributed by atoms with E-state index in [0.717, 1.165) is 0 Å². The molecular weight excluding hydrogens is 235 g/mol. The zero-order chi connectivity index (χ0) is 13.1. The first kappa shape index (κ1) is 12.1. The van der Waals surface area contributed by atoms with Crippen molar-refractivity contribution < 1.29 is 19.4 Å². The zero-order valence-corrected chi connectivity index (χ0v) is 9.43. The van der Waals surface area contributed by atoms with E-state index in [1.165, 1.54) is 24.3 Å². The number of halogens is 1. The minimum absolute atomic E-state index is 0.0773. The van der Waals surface area contributed by atoms with Gasteiger partial charge < -0.3 is 10.2 Å². The minimum atomic E-state index is -1.01. The SMILES string of the molecule is O=C(O)Cc1cccc(-c2ccc(F)cc2)c1O. The lowest BCUT2D eigenvalue weighted by molar-refractivity contribution is -0.136. The van der Waals surface area contributed by atoms with E-state index in [1.807, 2.05) is 0 Å². The Morgan fingerprint density at radius 3 is 2.39 bits per heavy atom. The smallest absolute Gasteiger partial charge is 0.307 e. The number of hydrogen-bond acceptors (Lipinski definition) is 2. The number of carbonyl (C=O) groups is 1. The van der Waals surface area contributed by atoms with Gasteiger partial charge in [0.25, 0.3) is 0 Å². The summed E-state index contributed by atoms with van der Waals surface area (Å²) in [4.78, 5) is 10.7. The van der Waals surface area contributed by atoms with E-state index in [-0.39, 0.29) is 18.0 Å². The van der Waals surface area contributed by atoms with Crippen molar-refractivity contribution in [3.05, 3.63) is 53.8 Å². The summed E-state index contributed by atoms with van der Waals surface area (Å²) in [6, 6.07) is 10.5. The second-order valence-electron chi connectivity index (χ2n) is 3.89. The molecule has 2 aromatic carbocycles. The number of aliphatic carboxylic acids is 1. The number of hydrogen-bond donors (Lipinski definition) is 2. The normalized spacial score (nSPS) is 10.3. The first-order valence-corrected chi connectivity index (χ1v) is 5.36. The quantitative estimate of drug-likeness (QED) is 0.875. The molecule has 0 radical (unpaired) electrons. The van der Waals surface area contributed by atoms with Gasteiger partial charge in [0.2, 0.25) is 0 Å². The third-order valence-electron chi connectivity index (χ3n) is 2.62. The Morgan fingerprint density at radius 1 is 1.11 bits per heavy atom. The maximum atomic E-state index is 12.8. The molecule has 0 heterocycles. The highest BCUT2D eigenvalue weighted by atomic mass is 19.1. The molecule has 3 nitrogen and oxygen atoms in total. The summed E-state index contributed by atoms with van der Waals surface area (Å²) in [5, 5.41) is 18.7. The van der Waals surface area contributed by atoms with Gasteiger partial charge in [-0.3, -0.25) is 4.79 Å². The van der Waals surface area contributed by atoms with Crippen LogP contribution < -0.4 is 0 Å². The van der Waals surface area contributed by atoms with Gasteiger partial charge in [-0.1, -0.05) is 30.3 Å². The Kier molecular flexibility index (Phi) is 3.28. The number of rotatable bonds is 3. The number of aromatic hydroxyl groups is 1. The number of carboxylic acids is 1. The van der Waals surface area contributed by atoms with Crippen LogP contribution >= 0.6 is 0 Å². The molecule has 0 aromatic heterocycles. The fourth-order valence-electron chi connectivity index (χ4n) is 1.76. The fourth-order valence-corrected chi connectivity index (χ4v) is 1.76. The van der Waals surface area contributed by atoms with Crippen LogP contribution in [0.4, 0.5) is 4.39 Å². The van der Waals surface area contributed by atoms with Crippen LogP contribution in [0.3, 0.4) is 0 Å². The largest absolute Gasteiger partial charge is 0.507 e. The highest BCUT2D eigenvalue weighted by Gasteiger charge is 2.11. The van der Waals surface area contributed by atoms with E-state index >= 15 is 0 Å². The summed E-state index contributed by atoms with van der Waals surface area (Å²) in [6.45, 7) is 0. The van der Waals surface area contributed by atoms with Gasteiger partial charge in [0.1, 0.15) is 11.6 Å². The Labute approximate surface area is 103 Å². The van der Waals surface area contributed by atoms with E-state index in [9.17, 15) is 14.3 Å². The number of benzene rings is 2. The molecule has 92 valence electrons. The van der Waals surface area contributed by atoms with Crippen LogP contribution in [0, 0.1) is 5.82 Å². The molecule has 18 heavy (non-hydrogen) atoms. The maximum absolute atomic E-state index is 12.8. The Bertz CT molecular complexity index is 576. The summed E-state index contributed by atoms with van der Waals surface area (Å²) in [7, 11) is 0. The molecule has 4 heteroatoms. The average Bonchev–Trinajstić information content (AvgIpc) is 2.33. The van der Waals surface area contributed by atoms with Gasteiger partial charge in [-0.2, -0.15) is 0 Å². The molecule has 0 bridgehead atoms. The predicted octanol–water partition coefficient (Wildman–Crippen LogP) is 2.83. The summed E-state index contributed by atoms with van der Waals surface area (Å²) >= 11 is 0. The standard InChI is InChI=1S/C14H11FO3/c15-11-6-4-9(5-7-11)12-3-1-2-10(14(12)18)8-13(16)17/h1-7,18H,8H2,(H,16,17). The summed E-state index contributed by atoms with van der Waals surface area (Å²) in [5.74, 6) is -1.45. The second kappa shape index (κ2) is 4.87. The van der Waals surface area contributed by atoms with Crippen LogP contribution in [0.2, 0.25) is 0 Å². The highest BCUT2D eigenvalue weighted by Crippen LogP contribution is 2.32. The summed E-state index contributed by atoms with van der Waals surface area (Å²) in [6.07, 6.45) is -0.249. The van der Waals surface area contributed by atoms with Crippen molar-refractivity contribution in [1.82, 2.24) is 0 Å². The molecule has 0 fully saturated rings. The van der Waals surface area contributed by atoms with E-state index in [0.29, 0.717) is 16.7 Å². The molecule has 2 N–H and O–H groups in total. The van der Waals surface area contributed by atoms with Gasteiger partial charge in [0.15, 0.2) is 0 Å². The van der Waals surface area contributed by atoms with Crippen LogP contribution in [0.15, 0.2) is 42.5 Å². The Balaban J connectivity index is 2.45. The van der Waals surface area contributed by atoms with Crippen LogP contribution in [0.25, 0.3) is 11.1 Å². The molecule has 0 amide bonds. The molecular formula is C14H11FO3. The van der Waals surface area contributed by atoms with Crippen LogP contribution in [0.1, 0.15) is 5.56 Å². The molecule has 0 unspecified atom stereocenters. The van der Waals surface area contributed by atoms with Crippen molar-refractivity contribution in [2.75, 3.05) is 0 Å². The lowest BCUT2D eigenvalue weighted by atomic mass is 10.00. The fraction of sp³-hybridized carbons (Fsp3) is 0.0714. The van der Waals surface area contributed by atoms with Gasteiger partial charge in [-0.05, 0) is 17.7 Å². The van der Waals surface area contributed by atoms with Crippen LogP contribution in [0.5, 0.6) is 5.75 Å². The zero-order valence-electron chi connectivity index (χ0n) is 9.43. The molecule has 2 aromatic rings. The number of phenolic OH excluding ortho intramolecular Hbond substituents is 1. The van der Waals surface area contributed by atoms with E-state index < -0.39 is 5.97 Å². The third-order valence-corrected chi connectivity index (χ3v) is 2.62. The molecule has 0 spiro atoms. The van der Waals surface area contributed by atoms with E-state index in [1.54, 1.807) is 18.2 Å². The van der Waals surface area contributed by atoms with Gasteiger partial charge >= 0.3 is 5.97 Å². The molecule has 0 saturated heterocycles. The molecule has 0 saturated carbocycles. The topological polar surface area (TPSA) is 57.5 Å². The molecule has 0 atom stereocenters. The van der Waals surface area contributed by atoms with Gasteiger partial charge in [-0.25, -0.2) is 4.39 Å². The van der Waals surface area contributed by atoms with Crippen molar-refractivity contribution in [3.63, 3.8) is 0 Å². The highest BCUT2D eigenvalue weighted by molar-refractivity contribution is 5.76. The molecule has 0 aliphatic rings. The number of phenols is 1. The first-order chi connectivity index (χ1) is 8.58. The lowest BCUT2D eigenvalue weighted by Crippen LogP contribution is -2.00. The number of para-hydroxylation sites is 1. The molecule has 0 aliphatic heterocycles. The minimum Gasteiger partial charge on any atom is -0.507 e. The second-order valence-corrected chi connectivity index (χ2v) is 3.89. The van der Waals surface area contributed by atoms with Crippen molar-refractivity contribution >= 4 is 5.97 Å². The lowest BCUT2D eigenvalue weighted by Gasteiger charge is -2.08. The van der Waals surface area contributed by atoms with E-state index in [4.69, 9.17) is 5.11 Å². The van der Waals surface area contributed by atoms with Crippen molar-refractivity contribution in [2.45, 2.75) is 6.42 Å². The first-order valence-electron chi connectivity index (χ1n) is 5.36. The number of carboxylic acid groups (broad SMARTS) is 1. The average molecular weight is 246 g/mol. The van der Waals surface area contributed by atoms with Crippen LogP contribution in [-0.2, 0) is 11.2 Å². The predicted molar refractivity (Wildman–Crippen MR) is 64.8 cm³/mol. The van der Waals surface area contributed by atoms with Gasteiger partial charge in [0.05, 0.1) is 6.42 Å². The Morgan fingerprint density at radius 2 is 1.78 bits per heavy atom. The summed E-state index contributed by atoms with van der Waals surface area (Å²) in [5.41, 5.74) is 1.47. The monoisotopic (exact) mass is 246 g/mol. The van der Waals surface area contributed by atoms with Crippen molar-refractivity contribution in [3.8, 4) is 16.9 Å². The Hall–Kier alpha value is -2.36. The molecule has 0 aliphatic carbocycles. The van der Waals surface area contributed by atoms with Crippen molar-refractivity contribution in [1.29, 1.82) is 0 Å². The van der Waals surface area contributed by atoms with Gasteiger partial charge in [-0.15, -0.1) is 0 Å².